The molecule has 0 saturated heterocycles. The van der Waals surface area contributed by atoms with E-state index < -0.39 is 8.07 Å². The van der Waals surface area contributed by atoms with Gasteiger partial charge in [-0.05, 0) is 12.1 Å². The molecule has 0 spiro atoms. The Morgan fingerprint density at radius 3 is 2.39 bits per heavy atom. The number of fused-ring (bicyclic) bond motifs is 1. The number of amides is 1. The average molecular weight is 333 g/mol. The van der Waals surface area contributed by atoms with Gasteiger partial charge in [0, 0.05) is 12.2 Å². The van der Waals surface area contributed by atoms with Crippen molar-refractivity contribution in [2.24, 2.45) is 0 Å². The topological polar surface area (TPSA) is 84.2 Å². The van der Waals surface area contributed by atoms with Crippen LogP contribution in [0.15, 0.2) is 23.1 Å². The summed E-state index contributed by atoms with van der Waals surface area (Å²) in [5.41, 5.74) is 0.735. The number of pyridine rings is 2. The maximum absolute atomic E-state index is 12.5. The van der Waals surface area contributed by atoms with Gasteiger partial charge in [-0.1, -0.05) is 38.9 Å². The number of aromatic nitrogens is 2. The Kier molecular flexibility index (Phi) is 4.89. The molecule has 0 radical (unpaired) electrons. The van der Waals surface area contributed by atoms with Gasteiger partial charge in [0.15, 0.2) is 0 Å². The highest BCUT2D eigenvalue weighted by molar-refractivity contribution is 6.91. The number of carbonyl (C=O) groups excluding carboxylic acids is 1. The lowest BCUT2D eigenvalue weighted by molar-refractivity contribution is -0.114. The molecule has 0 atom stereocenters. The lowest BCUT2D eigenvalue weighted by Gasteiger charge is -2.28. The first kappa shape index (κ1) is 17.2. The summed E-state index contributed by atoms with van der Waals surface area (Å²) in [5.74, 6) is -0.268. The largest absolute Gasteiger partial charge is 0.428 e. The van der Waals surface area contributed by atoms with E-state index in [2.05, 4.69) is 31.1 Å². The fourth-order valence-electron chi connectivity index (χ4n) is 3.07. The van der Waals surface area contributed by atoms with E-state index >= 15 is 0 Å². The van der Waals surface area contributed by atoms with Crippen molar-refractivity contribution in [3.8, 4) is 11.3 Å². The van der Waals surface area contributed by atoms with Gasteiger partial charge >= 0.3 is 0 Å². The first-order chi connectivity index (χ1) is 10.9. The third-order valence-corrected chi connectivity index (χ3v) is 10.1. The van der Waals surface area contributed by atoms with Crippen LogP contribution < -0.4 is 16.2 Å². The van der Waals surface area contributed by atoms with Gasteiger partial charge in [-0.3, -0.25) is 9.59 Å². The molecule has 0 aromatic carbocycles. The maximum Gasteiger partial charge on any atom is 0.279 e. The monoisotopic (exact) mass is 333 g/mol. The summed E-state index contributed by atoms with van der Waals surface area (Å²) < 4.78 is 0.896. The van der Waals surface area contributed by atoms with E-state index in [0.29, 0.717) is 16.9 Å². The highest BCUT2D eigenvalue weighted by Crippen LogP contribution is 2.24. The van der Waals surface area contributed by atoms with E-state index in [1.807, 2.05) is 6.07 Å². The van der Waals surface area contributed by atoms with Crippen LogP contribution in [0.2, 0.25) is 18.1 Å². The Hall–Kier alpha value is -2.15. The molecule has 0 bridgehead atoms. The minimum atomic E-state index is -1.81. The van der Waals surface area contributed by atoms with Crippen LogP contribution in [0.3, 0.4) is 0 Å². The Balaban J connectivity index is 2.68. The fraction of sp³-hybridized carbons (Fsp3) is 0.438. The molecule has 0 saturated carbocycles. The zero-order valence-electron chi connectivity index (χ0n) is 14.0. The second kappa shape index (κ2) is 6.53. The minimum Gasteiger partial charge on any atom is -0.428 e. The number of carbonyl (C=O) groups is 1. The van der Waals surface area contributed by atoms with Crippen LogP contribution in [0.25, 0.3) is 11.3 Å². The molecule has 1 amide bonds. The van der Waals surface area contributed by atoms with E-state index in [9.17, 15) is 14.8 Å². The fourth-order valence-corrected chi connectivity index (χ4v) is 6.44. The minimum absolute atomic E-state index is 0.268. The third kappa shape index (κ3) is 3.14. The van der Waals surface area contributed by atoms with Crippen LogP contribution in [0.5, 0.6) is 0 Å². The predicted molar refractivity (Wildman–Crippen MR) is 93.4 cm³/mol. The Morgan fingerprint density at radius 2 is 1.87 bits per heavy atom. The van der Waals surface area contributed by atoms with Crippen molar-refractivity contribution in [2.45, 2.75) is 45.8 Å². The number of rotatable bonds is 5. The maximum atomic E-state index is 12.5. The van der Waals surface area contributed by atoms with Crippen LogP contribution in [0.1, 0.15) is 27.7 Å². The first-order valence-corrected chi connectivity index (χ1v) is 10.5. The molecule has 2 rings (SSSR count). The SMILES string of the molecule is CC[Si](CC)(CC)c1cc2n(O)cc(NC(C)=O)cc-2c(=O)n1. The second-order valence-electron chi connectivity index (χ2n) is 5.84. The van der Waals surface area contributed by atoms with Crippen molar-refractivity contribution in [1.82, 2.24) is 9.71 Å². The van der Waals surface area contributed by atoms with Crippen LogP contribution in [-0.4, -0.2) is 28.9 Å². The molecule has 0 aliphatic carbocycles. The summed E-state index contributed by atoms with van der Waals surface area (Å²) in [6.07, 6.45) is 1.39. The molecular formula is C16H23N3O3Si. The van der Waals surface area contributed by atoms with E-state index in [4.69, 9.17) is 0 Å². The lowest BCUT2D eigenvalue weighted by atomic mass is 10.1. The smallest absolute Gasteiger partial charge is 0.279 e. The summed E-state index contributed by atoms with van der Waals surface area (Å²) in [6.45, 7) is 7.79. The Morgan fingerprint density at radius 1 is 1.26 bits per heavy atom. The van der Waals surface area contributed by atoms with E-state index in [1.54, 1.807) is 6.07 Å². The lowest BCUT2D eigenvalue weighted by Crippen LogP contribution is -2.50. The summed E-state index contributed by atoms with van der Waals surface area (Å²) in [7, 11) is -1.81. The molecule has 2 aliphatic rings. The molecule has 6 nitrogen and oxygen atoms in total. The van der Waals surface area contributed by atoms with Gasteiger partial charge in [-0.25, -0.2) is 4.98 Å². The number of anilines is 1. The normalized spacial score (nSPS) is 11.7. The van der Waals surface area contributed by atoms with Crippen LogP contribution in [-0.2, 0) is 4.79 Å². The molecule has 0 aromatic heterocycles. The Labute approximate surface area is 136 Å². The number of nitrogens with one attached hydrogen (secondary N) is 1. The molecule has 2 aliphatic heterocycles. The van der Waals surface area contributed by atoms with E-state index in [-0.39, 0.29) is 11.5 Å². The standard InChI is InChI=1S/C16H23N3O3Si/c1-5-23(6-2,7-3)15-9-14-13(16(21)18-15)8-12(10-19(14)22)17-11(4)20/h8-10,22H,5-7H2,1-4H3,(H,17,20). The zero-order chi connectivity index (χ0) is 17.2. The number of hydrogen-bond acceptors (Lipinski definition) is 4. The molecule has 2 heterocycles. The second-order valence-corrected chi connectivity index (χ2v) is 11.0. The van der Waals surface area contributed by atoms with Gasteiger partial charge < -0.3 is 10.5 Å². The molecule has 2 N–H and O–H groups in total. The van der Waals surface area contributed by atoms with Crippen LogP contribution in [0.4, 0.5) is 5.69 Å². The van der Waals surface area contributed by atoms with Gasteiger partial charge in [-0.15, -0.1) is 0 Å². The van der Waals surface area contributed by atoms with Crippen molar-refractivity contribution in [1.29, 1.82) is 0 Å². The molecular weight excluding hydrogens is 310 g/mol. The van der Waals surface area contributed by atoms with Gasteiger partial charge in [0.05, 0.1) is 23.1 Å². The van der Waals surface area contributed by atoms with Gasteiger partial charge in [0.2, 0.25) is 5.91 Å². The van der Waals surface area contributed by atoms with Gasteiger partial charge in [0.25, 0.3) is 5.56 Å². The Bertz CT molecular complexity index is 745. The molecule has 23 heavy (non-hydrogen) atoms. The molecule has 0 unspecified atom stereocenters. The highest BCUT2D eigenvalue weighted by Gasteiger charge is 2.32. The molecule has 7 heteroatoms. The molecule has 124 valence electrons. The third-order valence-electron chi connectivity index (χ3n) is 4.70. The van der Waals surface area contributed by atoms with Crippen molar-refractivity contribution in [3.63, 3.8) is 0 Å². The first-order valence-electron chi connectivity index (χ1n) is 7.91. The predicted octanol–water partition coefficient (Wildman–Crippen LogP) is 2.26. The molecule has 0 fully saturated rings. The van der Waals surface area contributed by atoms with Crippen LogP contribution in [0, 0.1) is 0 Å². The number of nitrogens with zero attached hydrogens (tertiary/aromatic N) is 2. The van der Waals surface area contributed by atoms with E-state index in [0.717, 1.165) is 28.2 Å². The zero-order valence-corrected chi connectivity index (χ0v) is 15.0. The average Bonchev–Trinajstić information content (AvgIpc) is 2.50. The van der Waals surface area contributed by atoms with Crippen molar-refractivity contribution in [3.05, 3.63) is 28.7 Å². The van der Waals surface area contributed by atoms with Gasteiger partial charge in [-0.2, -0.15) is 4.73 Å². The summed E-state index contributed by atoms with van der Waals surface area (Å²) >= 11 is 0. The summed E-state index contributed by atoms with van der Waals surface area (Å²) in [4.78, 5) is 27.9. The number of hydrogen-bond donors (Lipinski definition) is 2. The quantitative estimate of drug-likeness (QED) is 0.649. The van der Waals surface area contributed by atoms with Crippen molar-refractivity contribution >= 4 is 25.0 Å². The highest BCUT2D eigenvalue weighted by atomic mass is 28.3. The van der Waals surface area contributed by atoms with Crippen molar-refractivity contribution in [2.75, 3.05) is 5.32 Å². The summed E-state index contributed by atoms with van der Waals surface area (Å²) in [6, 6.07) is 6.40. The van der Waals surface area contributed by atoms with Crippen LogP contribution >= 0.6 is 0 Å². The summed E-state index contributed by atoms with van der Waals surface area (Å²) in [5, 5.41) is 13.6. The molecule has 0 aromatic rings. The van der Waals surface area contributed by atoms with E-state index in [1.165, 1.54) is 13.1 Å². The van der Waals surface area contributed by atoms with Gasteiger partial charge in [0.1, 0.15) is 8.07 Å². The van der Waals surface area contributed by atoms with Crippen molar-refractivity contribution < 1.29 is 10.0 Å².